The Kier molecular flexibility index (Phi) is 4.25. The van der Waals surface area contributed by atoms with Crippen molar-refractivity contribution in [3.8, 4) is 17.1 Å². The molecular weight excluding hydrogens is 356 g/mol. The average Bonchev–Trinajstić information content (AvgIpc) is 3.25. The van der Waals surface area contributed by atoms with Crippen LogP contribution >= 0.6 is 0 Å². The van der Waals surface area contributed by atoms with Crippen molar-refractivity contribution in [1.29, 1.82) is 0 Å². The highest BCUT2D eigenvalue weighted by Gasteiger charge is 2.19. The van der Waals surface area contributed by atoms with Crippen molar-refractivity contribution in [3.05, 3.63) is 54.1 Å². The van der Waals surface area contributed by atoms with Gasteiger partial charge < -0.3 is 15.0 Å². The maximum atomic E-state index is 12.2. The molecule has 2 aliphatic rings. The molecule has 1 amide bonds. The molecule has 2 aliphatic heterocycles. The van der Waals surface area contributed by atoms with Crippen molar-refractivity contribution >= 4 is 11.9 Å². The predicted molar refractivity (Wildman–Crippen MR) is 104 cm³/mol. The van der Waals surface area contributed by atoms with Crippen LogP contribution in [-0.2, 0) is 11.2 Å². The van der Waals surface area contributed by atoms with Crippen LogP contribution in [0.2, 0.25) is 0 Å². The molecule has 0 radical (unpaired) electrons. The minimum atomic E-state index is -0.0250. The molecule has 1 fully saturated rings. The number of hydrogen-bond donors (Lipinski definition) is 1. The molecule has 4 heterocycles. The van der Waals surface area contributed by atoms with Gasteiger partial charge in [0.25, 0.3) is 5.91 Å². The van der Waals surface area contributed by atoms with Gasteiger partial charge in [-0.2, -0.15) is 0 Å². The van der Waals surface area contributed by atoms with Gasteiger partial charge in [-0.3, -0.25) is 9.36 Å². The number of carbonyl (C=O) groups is 1. The number of rotatable bonds is 3. The molecule has 28 heavy (non-hydrogen) atoms. The van der Waals surface area contributed by atoms with E-state index >= 15 is 0 Å². The summed E-state index contributed by atoms with van der Waals surface area (Å²) in [5, 5.41) is 2.90. The number of imidazole rings is 1. The largest absolute Gasteiger partial charge is 0.378 e. The van der Waals surface area contributed by atoms with Crippen molar-refractivity contribution in [2.75, 3.05) is 37.7 Å². The third-order valence-electron chi connectivity index (χ3n) is 5.13. The van der Waals surface area contributed by atoms with E-state index in [0.717, 1.165) is 47.7 Å². The Morgan fingerprint density at radius 3 is 2.71 bits per heavy atom. The van der Waals surface area contributed by atoms with Gasteiger partial charge in [-0.25, -0.2) is 15.0 Å². The van der Waals surface area contributed by atoms with E-state index in [2.05, 4.69) is 25.2 Å². The van der Waals surface area contributed by atoms with Crippen molar-refractivity contribution in [2.24, 2.45) is 0 Å². The number of nitrogens with zero attached hydrogens (tertiary/aromatic N) is 5. The Balaban J connectivity index is 1.46. The van der Waals surface area contributed by atoms with Gasteiger partial charge in [0.05, 0.1) is 18.8 Å². The van der Waals surface area contributed by atoms with Crippen LogP contribution < -0.4 is 10.2 Å². The number of ether oxygens (including phenoxy) is 1. The number of morpholine rings is 1. The van der Waals surface area contributed by atoms with Gasteiger partial charge in [-0.1, -0.05) is 6.07 Å². The number of anilines is 1. The standard InChI is InChI=1S/C20H20N6O2/c27-19-17-11-16(2-1-14(17)3-4-22-19)26-6-5-21-18(26)15-12-23-20(24-13-15)25-7-9-28-10-8-25/h1-2,5-6,11-13H,3-4,7-10H2,(H,22,27). The van der Waals surface area contributed by atoms with Gasteiger partial charge in [0, 0.05) is 55.7 Å². The normalized spacial score (nSPS) is 16.6. The zero-order valence-corrected chi connectivity index (χ0v) is 15.3. The molecule has 8 heteroatoms. The number of fused-ring (bicyclic) bond motifs is 1. The third kappa shape index (κ3) is 3.01. The van der Waals surface area contributed by atoms with Gasteiger partial charge >= 0.3 is 0 Å². The number of hydrogen-bond acceptors (Lipinski definition) is 6. The topological polar surface area (TPSA) is 85.2 Å². The van der Waals surface area contributed by atoms with Crippen LogP contribution in [0.4, 0.5) is 5.95 Å². The van der Waals surface area contributed by atoms with Crippen LogP contribution in [0.15, 0.2) is 43.0 Å². The second-order valence-electron chi connectivity index (χ2n) is 6.84. The first kappa shape index (κ1) is 16.9. The van der Waals surface area contributed by atoms with Crippen LogP contribution in [0.5, 0.6) is 0 Å². The molecule has 142 valence electrons. The van der Waals surface area contributed by atoms with Crippen molar-refractivity contribution in [3.63, 3.8) is 0 Å². The van der Waals surface area contributed by atoms with Crippen LogP contribution in [0.3, 0.4) is 0 Å². The number of nitrogens with one attached hydrogen (secondary N) is 1. The summed E-state index contributed by atoms with van der Waals surface area (Å²) in [4.78, 5) is 27.8. The molecule has 2 aromatic heterocycles. The van der Waals surface area contributed by atoms with Gasteiger partial charge in [-0.05, 0) is 24.1 Å². The summed E-state index contributed by atoms with van der Waals surface area (Å²) < 4.78 is 7.33. The smallest absolute Gasteiger partial charge is 0.251 e. The summed E-state index contributed by atoms with van der Waals surface area (Å²) >= 11 is 0. The second-order valence-corrected chi connectivity index (χ2v) is 6.84. The van der Waals surface area contributed by atoms with E-state index in [1.165, 1.54) is 0 Å². The lowest BCUT2D eigenvalue weighted by atomic mass is 10.00. The number of amides is 1. The first-order valence-corrected chi connectivity index (χ1v) is 9.39. The van der Waals surface area contributed by atoms with Crippen molar-refractivity contribution in [1.82, 2.24) is 24.8 Å². The Morgan fingerprint density at radius 2 is 1.89 bits per heavy atom. The zero-order valence-electron chi connectivity index (χ0n) is 15.3. The molecule has 0 spiro atoms. The fraction of sp³-hybridized carbons (Fsp3) is 0.300. The van der Waals surface area contributed by atoms with Crippen LogP contribution in [0.25, 0.3) is 17.1 Å². The molecule has 0 bridgehead atoms. The first-order valence-electron chi connectivity index (χ1n) is 9.39. The minimum Gasteiger partial charge on any atom is -0.378 e. The quantitative estimate of drug-likeness (QED) is 0.745. The molecule has 0 unspecified atom stereocenters. The molecule has 1 saturated heterocycles. The lowest BCUT2D eigenvalue weighted by Crippen LogP contribution is -2.37. The monoisotopic (exact) mass is 376 g/mol. The van der Waals surface area contributed by atoms with E-state index in [4.69, 9.17) is 4.74 Å². The molecule has 1 aromatic carbocycles. The maximum absolute atomic E-state index is 12.2. The average molecular weight is 376 g/mol. The molecule has 0 aliphatic carbocycles. The zero-order chi connectivity index (χ0) is 18.9. The summed E-state index contributed by atoms with van der Waals surface area (Å²) in [7, 11) is 0. The Morgan fingerprint density at radius 1 is 1.07 bits per heavy atom. The summed E-state index contributed by atoms with van der Waals surface area (Å²) in [6, 6.07) is 5.95. The van der Waals surface area contributed by atoms with Gasteiger partial charge in [0.15, 0.2) is 0 Å². The summed E-state index contributed by atoms with van der Waals surface area (Å²) in [6.45, 7) is 3.67. The molecular formula is C20H20N6O2. The Hall–Kier alpha value is -3.26. The fourth-order valence-electron chi connectivity index (χ4n) is 3.64. The Bertz CT molecular complexity index is 1010. The highest BCUT2D eigenvalue weighted by Crippen LogP contribution is 2.24. The number of carbonyl (C=O) groups excluding carboxylic acids is 1. The molecule has 1 N–H and O–H groups in total. The predicted octanol–water partition coefficient (Wildman–Crippen LogP) is 1.45. The minimum absolute atomic E-state index is 0.0250. The van der Waals surface area contributed by atoms with Crippen molar-refractivity contribution in [2.45, 2.75) is 6.42 Å². The van der Waals surface area contributed by atoms with Crippen LogP contribution in [-0.4, -0.2) is 58.3 Å². The molecule has 5 rings (SSSR count). The highest BCUT2D eigenvalue weighted by atomic mass is 16.5. The van der Waals surface area contributed by atoms with Crippen molar-refractivity contribution < 1.29 is 9.53 Å². The van der Waals surface area contributed by atoms with E-state index in [9.17, 15) is 4.79 Å². The van der Waals surface area contributed by atoms with E-state index in [1.54, 1.807) is 18.6 Å². The van der Waals surface area contributed by atoms with E-state index in [0.29, 0.717) is 25.7 Å². The third-order valence-corrected chi connectivity index (χ3v) is 5.13. The van der Waals surface area contributed by atoms with Crippen LogP contribution in [0, 0.1) is 0 Å². The van der Waals surface area contributed by atoms with Gasteiger partial charge in [0.1, 0.15) is 5.82 Å². The SMILES string of the molecule is O=C1NCCc2ccc(-n3ccnc3-c3cnc(N4CCOCC4)nc3)cc21. The number of benzene rings is 1. The molecule has 3 aromatic rings. The lowest BCUT2D eigenvalue weighted by molar-refractivity contribution is 0.0946. The second kappa shape index (κ2) is 7.05. The lowest BCUT2D eigenvalue weighted by Gasteiger charge is -2.26. The van der Waals surface area contributed by atoms with Gasteiger partial charge in [0.2, 0.25) is 5.95 Å². The number of aromatic nitrogens is 4. The first-order chi connectivity index (χ1) is 13.8. The Labute approximate surface area is 162 Å². The van der Waals surface area contributed by atoms with E-state index in [1.807, 2.05) is 29.0 Å². The molecule has 0 atom stereocenters. The van der Waals surface area contributed by atoms with Gasteiger partial charge in [-0.15, -0.1) is 0 Å². The van der Waals surface area contributed by atoms with E-state index < -0.39 is 0 Å². The fourth-order valence-corrected chi connectivity index (χ4v) is 3.64. The summed E-state index contributed by atoms with van der Waals surface area (Å²) in [6.07, 6.45) is 8.07. The van der Waals surface area contributed by atoms with E-state index in [-0.39, 0.29) is 5.91 Å². The summed E-state index contributed by atoms with van der Waals surface area (Å²) in [5.74, 6) is 1.42. The van der Waals surface area contributed by atoms with Crippen LogP contribution in [0.1, 0.15) is 15.9 Å². The molecule has 0 saturated carbocycles. The molecule has 8 nitrogen and oxygen atoms in total. The maximum Gasteiger partial charge on any atom is 0.251 e. The summed E-state index contributed by atoms with van der Waals surface area (Å²) in [5.41, 5.74) is 3.51. The highest BCUT2D eigenvalue weighted by molar-refractivity contribution is 5.97.